The minimum absolute atomic E-state index is 0.0374. The van der Waals surface area contributed by atoms with Gasteiger partial charge in [0.05, 0.1) is 17.0 Å². The average molecular weight is 457 g/mol. The van der Waals surface area contributed by atoms with Crippen LogP contribution in [0, 0.1) is 11.6 Å². The summed E-state index contributed by atoms with van der Waals surface area (Å²) in [7, 11) is -2.59. The van der Waals surface area contributed by atoms with Crippen LogP contribution in [0.2, 0.25) is 0 Å². The number of nitrogens with zero attached hydrogens (tertiary/aromatic N) is 3. The molecule has 0 aliphatic heterocycles. The summed E-state index contributed by atoms with van der Waals surface area (Å²) in [5.74, 6) is -3.23. The molecule has 2 aromatic heterocycles. The van der Waals surface area contributed by atoms with Gasteiger partial charge in [-0.25, -0.2) is 22.2 Å². The molecule has 0 aliphatic rings. The van der Waals surface area contributed by atoms with E-state index in [2.05, 4.69) is 14.7 Å². The van der Waals surface area contributed by atoms with E-state index >= 15 is 0 Å². The summed E-state index contributed by atoms with van der Waals surface area (Å²) in [6.07, 6.45) is 1.36. The van der Waals surface area contributed by atoms with E-state index < -0.39 is 38.7 Å². The molecule has 0 atom stereocenters. The summed E-state index contributed by atoms with van der Waals surface area (Å²) in [6, 6.07) is 11.8. The number of aromatic nitrogens is 3. The van der Waals surface area contributed by atoms with Gasteiger partial charge in [-0.1, -0.05) is 30.3 Å². The molecule has 0 saturated heterocycles. The molecule has 0 spiro atoms. The van der Waals surface area contributed by atoms with Crippen LogP contribution in [0.4, 0.5) is 20.4 Å². The highest BCUT2D eigenvalue weighted by atomic mass is 32.2. The fourth-order valence-corrected chi connectivity index (χ4v) is 4.48. The first-order chi connectivity index (χ1) is 15.2. The van der Waals surface area contributed by atoms with Gasteiger partial charge in [0.2, 0.25) is 16.0 Å². The summed E-state index contributed by atoms with van der Waals surface area (Å²) in [6.45, 7) is 0. The fourth-order valence-electron chi connectivity index (χ4n) is 3.29. The van der Waals surface area contributed by atoms with Gasteiger partial charge in [0.25, 0.3) is 5.56 Å². The molecule has 0 saturated carbocycles. The van der Waals surface area contributed by atoms with Crippen molar-refractivity contribution in [3.63, 3.8) is 0 Å². The van der Waals surface area contributed by atoms with Crippen LogP contribution in [0.15, 0.2) is 59.5 Å². The van der Waals surface area contributed by atoms with Crippen LogP contribution < -0.4 is 16.0 Å². The van der Waals surface area contributed by atoms with Crippen LogP contribution in [0.5, 0.6) is 0 Å². The second kappa shape index (κ2) is 8.00. The van der Waals surface area contributed by atoms with E-state index in [0.717, 1.165) is 16.7 Å². The van der Waals surface area contributed by atoms with Gasteiger partial charge in [-0.15, -0.1) is 0 Å². The maximum atomic E-state index is 14.9. The van der Waals surface area contributed by atoms with Crippen LogP contribution >= 0.6 is 0 Å². The predicted molar refractivity (Wildman–Crippen MR) is 117 cm³/mol. The minimum atomic E-state index is -4.00. The Kier molecular flexibility index (Phi) is 5.35. The maximum Gasteiger partial charge on any atom is 0.259 e. The number of aryl methyl sites for hydroxylation is 1. The number of hydrogen-bond donors (Lipinski definition) is 2. The molecule has 2 aromatic carbocycles. The molecule has 32 heavy (non-hydrogen) atoms. The van der Waals surface area contributed by atoms with E-state index in [0.29, 0.717) is 10.9 Å². The normalized spacial score (nSPS) is 11.6. The van der Waals surface area contributed by atoms with E-state index in [1.54, 1.807) is 30.3 Å². The second-order valence-corrected chi connectivity index (χ2v) is 8.79. The molecule has 4 rings (SSSR count). The van der Waals surface area contributed by atoms with E-state index in [1.807, 2.05) is 0 Å². The molecule has 3 N–H and O–H groups in total. The highest BCUT2D eigenvalue weighted by Gasteiger charge is 2.21. The van der Waals surface area contributed by atoms with Gasteiger partial charge in [0, 0.05) is 24.2 Å². The van der Waals surface area contributed by atoms with E-state index in [-0.39, 0.29) is 22.7 Å². The Balaban J connectivity index is 1.73. The van der Waals surface area contributed by atoms with Gasteiger partial charge in [-0.05, 0) is 23.8 Å². The molecule has 2 heterocycles. The Morgan fingerprint density at radius 1 is 1.06 bits per heavy atom. The molecule has 11 heteroatoms. The number of nitrogen functional groups attached to an aromatic ring is 1. The number of fused-ring (bicyclic) bond motifs is 1. The highest BCUT2D eigenvalue weighted by Crippen LogP contribution is 2.29. The van der Waals surface area contributed by atoms with Crippen molar-refractivity contribution in [3.05, 3.63) is 82.3 Å². The summed E-state index contributed by atoms with van der Waals surface area (Å²) < 4.78 is 57.7. The zero-order valence-electron chi connectivity index (χ0n) is 16.7. The molecule has 0 amide bonds. The first kappa shape index (κ1) is 21.4. The fraction of sp³-hybridized carbons (Fsp3) is 0.0952. The molecule has 4 aromatic rings. The molecule has 0 aliphatic carbocycles. The maximum absolute atomic E-state index is 14.9. The Labute approximate surface area is 181 Å². The third kappa shape index (κ3) is 4.02. The van der Waals surface area contributed by atoms with Crippen molar-refractivity contribution >= 4 is 32.7 Å². The monoisotopic (exact) mass is 457 g/mol. The third-order valence-corrected chi connectivity index (χ3v) is 6.05. The van der Waals surface area contributed by atoms with Gasteiger partial charge in [-0.3, -0.25) is 14.1 Å². The number of nitrogens with two attached hydrogens (primary N) is 1. The standard InChI is InChI=1S/C21H17F2N5O3S/c1-28-19-13(10-25-21(24)26-19)9-15(20(28)29)14-7-8-16(18(23)17(14)22)27-32(30,31)11-12-5-3-2-4-6-12/h2-10,27H,11H2,1H3,(H2,24,25,26). The number of nitrogens with one attached hydrogen (secondary N) is 1. The van der Waals surface area contributed by atoms with Crippen molar-refractivity contribution in [1.82, 2.24) is 14.5 Å². The molecule has 0 radical (unpaired) electrons. The van der Waals surface area contributed by atoms with E-state index in [1.165, 1.54) is 19.3 Å². The van der Waals surface area contributed by atoms with Gasteiger partial charge in [0.15, 0.2) is 11.6 Å². The van der Waals surface area contributed by atoms with Crippen molar-refractivity contribution < 1.29 is 17.2 Å². The Bertz CT molecular complexity index is 1510. The lowest BCUT2D eigenvalue weighted by molar-refractivity contribution is 0.514. The lowest BCUT2D eigenvalue weighted by atomic mass is 10.0. The quantitative estimate of drug-likeness (QED) is 0.476. The number of benzene rings is 2. The van der Waals surface area contributed by atoms with Crippen molar-refractivity contribution in [2.24, 2.45) is 7.05 Å². The van der Waals surface area contributed by atoms with E-state index in [9.17, 15) is 22.0 Å². The summed E-state index contributed by atoms with van der Waals surface area (Å²) >= 11 is 0. The number of sulfonamides is 1. The zero-order chi connectivity index (χ0) is 23.0. The SMILES string of the molecule is Cn1c(=O)c(-c2ccc(NS(=O)(=O)Cc3ccccc3)c(F)c2F)cc2cnc(N)nc21. The number of rotatable bonds is 5. The average Bonchev–Trinajstić information content (AvgIpc) is 2.75. The van der Waals surface area contributed by atoms with E-state index in [4.69, 9.17) is 5.73 Å². The second-order valence-electron chi connectivity index (χ2n) is 7.06. The van der Waals surface area contributed by atoms with Gasteiger partial charge in [0.1, 0.15) is 5.65 Å². The summed E-state index contributed by atoms with van der Waals surface area (Å²) in [4.78, 5) is 20.6. The van der Waals surface area contributed by atoms with Crippen molar-refractivity contribution in [1.29, 1.82) is 0 Å². The van der Waals surface area contributed by atoms with Crippen molar-refractivity contribution in [2.75, 3.05) is 10.5 Å². The van der Waals surface area contributed by atoms with Crippen LogP contribution in [0.3, 0.4) is 0 Å². The van der Waals surface area contributed by atoms with Gasteiger partial charge in [-0.2, -0.15) is 4.98 Å². The number of hydrogen-bond acceptors (Lipinski definition) is 6. The first-order valence-corrected chi connectivity index (χ1v) is 11.0. The minimum Gasteiger partial charge on any atom is -0.368 e. The number of anilines is 2. The van der Waals surface area contributed by atoms with Crippen LogP contribution in [-0.2, 0) is 22.8 Å². The molecule has 164 valence electrons. The molecular formula is C21H17F2N5O3S. The Morgan fingerprint density at radius 3 is 2.50 bits per heavy atom. The smallest absolute Gasteiger partial charge is 0.259 e. The van der Waals surface area contributed by atoms with Crippen molar-refractivity contribution in [3.8, 4) is 11.1 Å². The third-order valence-electron chi connectivity index (χ3n) is 4.80. The van der Waals surface area contributed by atoms with Crippen molar-refractivity contribution in [2.45, 2.75) is 5.75 Å². The van der Waals surface area contributed by atoms with Crippen LogP contribution in [-0.4, -0.2) is 23.0 Å². The zero-order valence-corrected chi connectivity index (χ0v) is 17.5. The Morgan fingerprint density at radius 2 is 1.78 bits per heavy atom. The molecule has 0 unspecified atom stereocenters. The molecule has 0 bridgehead atoms. The van der Waals surface area contributed by atoms with Crippen LogP contribution in [0.1, 0.15) is 5.56 Å². The molecule has 0 fully saturated rings. The molecule has 8 nitrogen and oxygen atoms in total. The topological polar surface area (TPSA) is 120 Å². The lowest BCUT2D eigenvalue weighted by Gasteiger charge is -2.13. The van der Waals surface area contributed by atoms with Crippen LogP contribution in [0.25, 0.3) is 22.2 Å². The number of pyridine rings is 1. The largest absolute Gasteiger partial charge is 0.368 e. The molecular weight excluding hydrogens is 440 g/mol. The predicted octanol–water partition coefficient (Wildman–Crippen LogP) is 2.80. The summed E-state index contributed by atoms with van der Waals surface area (Å²) in [5.41, 5.74) is 4.61. The summed E-state index contributed by atoms with van der Waals surface area (Å²) in [5, 5.41) is 0.392. The number of halogens is 2. The first-order valence-electron chi connectivity index (χ1n) is 9.31. The Hall–Kier alpha value is -3.86. The highest BCUT2D eigenvalue weighted by molar-refractivity contribution is 7.91. The lowest BCUT2D eigenvalue weighted by Crippen LogP contribution is -2.21. The van der Waals surface area contributed by atoms with Gasteiger partial charge < -0.3 is 5.73 Å². The van der Waals surface area contributed by atoms with Gasteiger partial charge >= 0.3 is 0 Å².